The van der Waals surface area contributed by atoms with Crippen molar-refractivity contribution in [3.8, 4) is 11.5 Å². The molecule has 0 amide bonds. The number of phenolic OH excluding ortho intramolecular Hbond substituents is 2. The molecular weight excluding hydrogens is 348 g/mol. The Morgan fingerprint density at radius 2 is 1.96 bits per heavy atom. The zero-order valence-electron chi connectivity index (χ0n) is 13.7. The average Bonchev–Trinajstić information content (AvgIpc) is 3.25. The number of rotatable bonds is 0. The number of fused-ring (bicyclic) bond motifs is 2. The van der Waals surface area contributed by atoms with Crippen molar-refractivity contribution in [2.24, 2.45) is 0 Å². The van der Waals surface area contributed by atoms with Gasteiger partial charge in [-0.2, -0.15) is 0 Å². The quantitative estimate of drug-likeness (QED) is 0.541. The number of hydrogen-bond acceptors (Lipinski definition) is 6. The molecule has 2 heterocycles. The number of esters is 1. The zero-order valence-corrected chi connectivity index (χ0v) is 14.5. The van der Waals surface area contributed by atoms with Crippen molar-refractivity contribution in [2.75, 3.05) is 0 Å². The number of benzene rings is 1. The Morgan fingerprint density at radius 3 is 2.72 bits per heavy atom. The first kappa shape index (κ1) is 17.8. The number of aromatic hydroxyl groups is 2. The van der Waals surface area contributed by atoms with Gasteiger partial charge in [0.1, 0.15) is 23.2 Å². The van der Waals surface area contributed by atoms with E-state index in [0.717, 1.165) is 12.5 Å². The number of ketones is 1. The monoisotopic (exact) mass is 366 g/mol. The minimum Gasteiger partial charge on any atom is -0.507 e. The van der Waals surface area contributed by atoms with Gasteiger partial charge in [-0.15, -0.1) is 0 Å². The molecule has 1 aromatic rings. The molecule has 3 atom stereocenters. The molecular formula is C18H19ClO6. The van der Waals surface area contributed by atoms with Crippen LogP contribution in [0.15, 0.2) is 18.2 Å². The first-order valence-electron chi connectivity index (χ1n) is 8.16. The van der Waals surface area contributed by atoms with E-state index < -0.39 is 23.6 Å². The molecule has 0 aliphatic carbocycles. The Bertz CT molecular complexity index is 742. The number of epoxide rings is 1. The highest BCUT2D eigenvalue weighted by molar-refractivity contribution is 6.33. The minimum atomic E-state index is -0.784. The Labute approximate surface area is 150 Å². The number of ether oxygens (including phenoxy) is 2. The third kappa shape index (κ3) is 3.96. The predicted molar refractivity (Wildman–Crippen MR) is 90.0 cm³/mol. The van der Waals surface area contributed by atoms with Crippen LogP contribution in [0.25, 0.3) is 0 Å². The Balaban J connectivity index is 1.98. The minimum absolute atomic E-state index is 0.0336. The lowest BCUT2D eigenvalue weighted by Gasteiger charge is -2.16. The molecule has 1 fully saturated rings. The summed E-state index contributed by atoms with van der Waals surface area (Å²) in [5.74, 6) is -1.95. The highest BCUT2D eigenvalue weighted by atomic mass is 35.5. The highest BCUT2D eigenvalue weighted by Gasteiger charge is 2.39. The summed E-state index contributed by atoms with van der Waals surface area (Å²) in [6.45, 7) is 1.74. The third-order valence-electron chi connectivity index (χ3n) is 4.36. The molecule has 0 saturated carbocycles. The second kappa shape index (κ2) is 7.06. The Hall–Kier alpha value is -2.05. The van der Waals surface area contributed by atoms with Crippen molar-refractivity contribution in [2.45, 2.75) is 50.9 Å². The topological polar surface area (TPSA) is 96.4 Å². The summed E-state index contributed by atoms with van der Waals surface area (Å²) in [6.07, 6.45) is 4.74. The first-order chi connectivity index (χ1) is 11.9. The lowest BCUT2D eigenvalue weighted by Crippen LogP contribution is -2.20. The van der Waals surface area contributed by atoms with Gasteiger partial charge in [0, 0.05) is 24.5 Å². The van der Waals surface area contributed by atoms with Crippen molar-refractivity contribution in [1.82, 2.24) is 0 Å². The van der Waals surface area contributed by atoms with Crippen LogP contribution >= 0.6 is 11.6 Å². The zero-order chi connectivity index (χ0) is 18.1. The van der Waals surface area contributed by atoms with E-state index in [9.17, 15) is 19.8 Å². The molecule has 1 saturated heterocycles. The SMILES string of the molecule is C[C@H]1C[C@@H]2O[C@H]2CC/C=C\C(=O)Cc2c(Cl)c(O)cc(O)c2C(=O)O1. The van der Waals surface area contributed by atoms with Crippen LogP contribution < -0.4 is 0 Å². The average molecular weight is 367 g/mol. The van der Waals surface area contributed by atoms with Gasteiger partial charge < -0.3 is 19.7 Å². The van der Waals surface area contributed by atoms with Crippen molar-refractivity contribution < 1.29 is 29.3 Å². The second-order valence-corrected chi connectivity index (χ2v) is 6.75. The molecule has 1 aromatic carbocycles. The molecule has 0 unspecified atom stereocenters. The van der Waals surface area contributed by atoms with E-state index >= 15 is 0 Å². The molecule has 0 radical (unpaired) electrons. The van der Waals surface area contributed by atoms with Gasteiger partial charge in [-0.3, -0.25) is 4.79 Å². The highest BCUT2D eigenvalue weighted by Crippen LogP contribution is 2.38. The fourth-order valence-electron chi connectivity index (χ4n) is 3.04. The molecule has 134 valence electrons. The van der Waals surface area contributed by atoms with Crippen LogP contribution in [0, 0.1) is 0 Å². The molecule has 25 heavy (non-hydrogen) atoms. The lowest BCUT2D eigenvalue weighted by molar-refractivity contribution is -0.114. The maximum Gasteiger partial charge on any atom is 0.342 e. The molecule has 7 heteroatoms. The Morgan fingerprint density at radius 1 is 1.20 bits per heavy atom. The van der Waals surface area contributed by atoms with E-state index in [4.69, 9.17) is 21.1 Å². The van der Waals surface area contributed by atoms with E-state index in [1.54, 1.807) is 13.0 Å². The number of phenols is 2. The largest absolute Gasteiger partial charge is 0.507 e. The fourth-order valence-corrected chi connectivity index (χ4v) is 3.26. The number of hydrogen-bond donors (Lipinski definition) is 2. The second-order valence-electron chi connectivity index (χ2n) is 6.37. The first-order valence-corrected chi connectivity index (χ1v) is 8.53. The van der Waals surface area contributed by atoms with E-state index in [1.807, 2.05) is 0 Å². The summed E-state index contributed by atoms with van der Waals surface area (Å²) in [6, 6.07) is 0.969. The van der Waals surface area contributed by atoms with Crippen molar-refractivity contribution >= 4 is 23.4 Å². The molecule has 0 aromatic heterocycles. The van der Waals surface area contributed by atoms with E-state index in [1.165, 1.54) is 6.08 Å². The van der Waals surface area contributed by atoms with E-state index in [0.29, 0.717) is 12.8 Å². The molecule has 2 aliphatic rings. The summed E-state index contributed by atoms with van der Waals surface area (Å²) < 4.78 is 10.9. The number of halogens is 1. The summed E-state index contributed by atoms with van der Waals surface area (Å²) >= 11 is 6.07. The van der Waals surface area contributed by atoms with Gasteiger partial charge in [0.05, 0.1) is 17.2 Å². The van der Waals surface area contributed by atoms with Crippen LogP contribution in [0.2, 0.25) is 5.02 Å². The van der Waals surface area contributed by atoms with Gasteiger partial charge in [0.15, 0.2) is 5.78 Å². The van der Waals surface area contributed by atoms with Crippen LogP contribution in [0.5, 0.6) is 11.5 Å². The van der Waals surface area contributed by atoms with Crippen molar-refractivity contribution in [1.29, 1.82) is 0 Å². The summed E-state index contributed by atoms with van der Waals surface area (Å²) in [7, 11) is 0. The third-order valence-corrected chi connectivity index (χ3v) is 4.78. The van der Waals surface area contributed by atoms with Crippen LogP contribution in [0.1, 0.15) is 42.1 Å². The number of allylic oxidation sites excluding steroid dienone is 2. The van der Waals surface area contributed by atoms with E-state index in [-0.39, 0.29) is 40.6 Å². The van der Waals surface area contributed by atoms with Gasteiger partial charge in [0.2, 0.25) is 0 Å². The summed E-state index contributed by atoms with van der Waals surface area (Å²) in [4.78, 5) is 24.7. The number of carbonyl (C=O) groups excluding carboxylic acids is 2. The van der Waals surface area contributed by atoms with Gasteiger partial charge in [-0.25, -0.2) is 4.79 Å². The molecule has 2 N–H and O–H groups in total. The van der Waals surface area contributed by atoms with Gasteiger partial charge >= 0.3 is 5.97 Å². The standard InChI is InChI=1S/C18H19ClO6/c1-9-6-15-14(25-15)5-3-2-4-10(20)7-11-16(18(23)24-9)12(21)8-13(22)17(11)19/h2,4,8-9,14-15,21-22H,3,5-7H2,1H3/b4-2-/t9-,14-,15-/m0/s1. The molecule has 0 bridgehead atoms. The van der Waals surface area contributed by atoms with E-state index in [2.05, 4.69) is 0 Å². The van der Waals surface area contributed by atoms with Gasteiger partial charge in [0.25, 0.3) is 0 Å². The lowest BCUT2D eigenvalue weighted by atomic mass is 9.99. The number of carbonyl (C=O) groups is 2. The molecule has 3 rings (SSSR count). The van der Waals surface area contributed by atoms with Crippen LogP contribution in [0.3, 0.4) is 0 Å². The Kier molecular flexibility index (Phi) is 5.01. The maximum atomic E-state index is 12.5. The molecule has 2 aliphatic heterocycles. The van der Waals surface area contributed by atoms with Crippen molar-refractivity contribution in [3.05, 3.63) is 34.4 Å². The summed E-state index contributed by atoms with van der Waals surface area (Å²) in [5.41, 5.74) is -0.134. The van der Waals surface area contributed by atoms with Gasteiger partial charge in [-0.05, 0) is 25.8 Å². The maximum absolute atomic E-state index is 12.5. The van der Waals surface area contributed by atoms with Crippen LogP contribution in [-0.2, 0) is 20.7 Å². The summed E-state index contributed by atoms with van der Waals surface area (Å²) in [5, 5.41) is 19.8. The van der Waals surface area contributed by atoms with Crippen LogP contribution in [-0.4, -0.2) is 40.3 Å². The smallest absolute Gasteiger partial charge is 0.342 e. The van der Waals surface area contributed by atoms with Gasteiger partial charge in [-0.1, -0.05) is 17.7 Å². The normalized spacial score (nSPS) is 28.3. The van der Waals surface area contributed by atoms with Crippen molar-refractivity contribution in [3.63, 3.8) is 0 Å². The predicted octanol–water partition coefficient (Wildman–Crippen LogP) is 2.92. The fraction of sp³-hybridized carbons (Fsp3) is 0.444. The number of cyclic esters (lactones) is 1. The molecule has 0 spiro atoms. The molecule has 6 nitrogen and oxygen atoms in total. The van der Waals surface area contributed by atoms with Crippen LogP contribution in [0.4, 0.5) is 0 Å².